The summed E-state index contributed by atoms with van der Waals surface area (Å²) >= 11 is 0. The maximum absolute atomic E-state index is 13.8. The maximum atomic E-state index is 13.8. The Morgan fingerprint density at radius 1 is 1.11 bits per heavy atom. The van der Waals surface area contributed by atoms with E-state index in [9.17, 15) is 18.8 Å². The average molecular weight is 485 g/mol. The highest BCUT2D eigenvalue weighted by Gasteiger charge is 2.36. The highest BCUT2D eigenvalue weighted by atomic mass is 19.1. The number of ether oxygens (including phenoxy) is 2. The van der Waals surface area contributed by atoms with Gasteiger partial charge in [0.05, 0.1) is 23.9 Å². The number of carbonyl (C=O) groups excluding carboxylic acids is 3. The van der Waals surface area contributed by atoms with Gasteiger partial charge in [0, 0.05) is 25.0 Å². The van der Waals surface area contributed by atoms with Crippen LogP contribution in [0.25, 0.3) is 0 Å². The average Bonchev–Trinajstić information content (AvgIpc) is 2.83. The number of para-hydroxylation sites is 1. The van der Waals surface area contributed by atoms with Crippen LogP contribution in [-0.2, 0) is 14.3 Å². The number of methoxy groups -OCH3 is 1. The molecule has 3 rings (SSSR count). The first-order chi connectivity index (χ1) is 16.8. The first kappa shape index (κ1) is 25.7. The number of hydrogen-bond acceptors (Lipinski definition) is 5. The molecule has 0 aromatic heterocycles. The van der Waals surface area contributed by atoms with Gasteiger partial charge in [-0.1, -0.05) is 31.2 Å². The molecule has 0 fully saturated rings. The second kappa shape index (κ2) is 12.0. The van der Waals surface area contributed by atoms with Gasteiger partial charge in [0.15, 0.2) is 0 Å². The normalized spacial score (nSPS) is 15.5. The van der Waals surface area contributed by atoms with Crippen molar-refractivity contribution in [3.05, 3.63) is 71.2 Å². The summed E-state index contributed by atoms with van der Waals surface area (Å²) in [6, 6.07) is 10.7. The molecule has 3 N–H and O–H groups in total. The predicted octanol–water partition coefficient (Wildman–Crippen LogP) is 4.41. The van der Waals surface area contributed by atoms with Crippen molar-refractivity contribution in [2.75, 3.05) is 37.5 Å². The monoisotopic (exact) mass is 484 g/mol. The molecule has 4 amide bonds. The number of urea groups is 2. The van der Waals surface area contributed by atoms with Gasteiger partial charge in [0.2, 0.25) is 0 Å². The summed E-state index contributed by atoms with van der Waals surface area (Å²) < 4.78 is 24.2. The lowest BCUT2D eigenvalue weighted by Gasteiger charge is -2.35. The van der Waals surface area contributed by atoms with Crippen LogP contribution in [0.1, 0.15) is 31.9 Å². The first-order valence-electron chi connectivity index (χ1n) is 11.2. The molecule has 1 unspecified atom stereocenters. The molecular formula is C25H29FN4O5. The molecule has 2 aromatic rings. The summed E-state index contributed by atoms with van der Waals surface area (Å²) in [4.78, 5) is 39.7. The van der Waals surface area contributed by atoms with Crippen LogP contribution in [0, 0.1) is 5.82 Å². The van der Waals surface area contributed by atoms with Gasteiger partial charge in [-0.25, -0.2) is 18.8 Å². The number of anilines is 2. The molecule has 9 nitrogen and oxygen atoms in total. The van der Waals surface area contributed by atoms with E-state index in [0.717, 1.165) is 0 Å². The SMILES string of the molecule is CCCN1C(=O)NC(c2cccc(NC(=O)Nc3ccccc3F)c2)C(C(=O)OCCOC)=C1C. The van der Waals surface area contributed by atoms with Gasteiger partial charge in [-0.3, -0.25) is 4.90 Å². The highest BCUT2D eigenvalue weighted by molar-refractivity contribution is 6.00. The molecule has 10 heteroatoms. The topological polar surface area (TPSA) is 109 Å². The summed E-state index contributed by atoms with van der Waals surface area (Å²) in [5.41, 5.74) is 1.79. The Kier molecular flexibility index (Phi) is 8.80. The number of nitrogens with zero attached hydrogens (tertiary/aromatic N) is 1. The number of allylic oxidation sites excluding steroid dienone is 1. The van der Waals surface area contributed by atoms with Gasteiger partial charge in [-0.05, 0) is 43.2 Å². The lowest BCUT2D eigenvalue weighted by Crippen LogP contribution is -2.48. The van der Waals surface area contributed by atoms with Crippen LogP contribution < -0.4 is 16.0 Å². The van der Waals surface area contributed by atoms with Crippen molar-refractivity contribution in [1.82, 2.24) is 10.2 Å². The van der Waals surface area contributed by atoms with Gasteiger partial charge < -0.3 is 25.4 Å². The largest absolute Gasteiger partial charge is 0.460 e. The van der Waals surface area contributed by atoms with Crippen molar-refractivity contribution in [2.24, 2.45) is 0 Å². The van der Waals surface area contributed by atoms with Crippen LogP contribution in [0.15, 0.2) is 59.8 Å². The van der Waals surface area contributed by atoms with Gasteiger partial charge in [0.1, 0.15) is 12.4 Å². The smallest absolute Gasteiger partial charge is 0.338 e. The molecule has 0 aliphatic carbocycles. The van der Waals surface area contributed by atoms with Crippen LogP contribution in [0.3, 0.4) is 0 Å². The molecule has 35 heavy (non-hydrogen) atoms. The highest BCUT2D eigenvalue weighted by Crippen LogP contribution is 2.32. The standard InChI is InChI=1S/C25H29FN4O5/c1-4-12-30-16(2)21(23(31)35-14-13-34-3)22(29-25(30)33)17-8-7-9-18(15-17)27-24(32)28-20-11-6-5-10-19(20)26/h5-11,15,22H,4,12-14H2,1-3H3,(H,29,33)(H2,27,28,32). The van der Waals surface area contributed by atoms with Gasteiger partial charge in [0.25, 0.3) is 0 Å². The Hall–Kier alpha value is -3.92. The third-order valence-electron chi connectivity index (χ3n) is 5.38. The fourth-order valence-corrected chi connectivity index (χ4v) is 3.73. The zero-order valence-electron chi connectivity index (χ0n) is 19.9. The molecule has 186 valence electrons. The quantitative estimate of drug-likeness (QED) is 0.361. The van der Waals surface area contributed by atoms with E-state index >= 15 is 0 Å². The van der Waals surface area contributed by atoms with E-state index in [2.05, 4.69) is 16.0 Å². The second-order valence-electron chi connectivity index (χ2n) is 7.85. The summed E-state index contributed by atoms with van der Waals surface area (Å²) in [7, 11) is 1.51. The van der Waals surface area contributed by atoms with Crippen LogP contribution in [0.2, 0.25) is 0 Å². The van der Waals surface area contributed by atoms with Crippen molar-refractivity contribution in [3.8, 4) is 0 Å². The number of esters is 1. The molecule has 1 aliphatic rings. The third-order valence-corrected chi connectivity index (χ3v) is 5.38. The Morgan fingerprint density at radius 3 is 2.60 bits per heavy atom. The van der Waals surface area contributed by atoms with Crippen LogP contribution in [0.4, 0.5) is 25.4 Å². The zero-order valence-corrected chi connectivity index (χ0v) is 19.9. The number of nitrogens with one attached hydrogen (secondary N) is 3. The molecule has 1 heterocycles. The number of halogens is 1. The lowest BCUT2D eigenvalue weighted by molar-refractivity contribution is -0.140. The summed E-state index contributed by atoms with van der Waals surface area (Å²) in [5.74, 6) is -1.13. The minimum atomic E-state index is -0.790. The summed E-state index contributed by atoms with van der Waals surface area (Å²) in [6.45, 7) is 4.39. The van der Waals surface area contributed by atoms with Crippen molar-refractivity contribution in [1.29, 1.82) is 0 Å². The van der Waals surface area contributed by atoms with Crippen LogP contribution >= 0.6 is 0 Å². The van der Waals surface area contributed by atoms with Crippen LogP contribution in [0.5, 0.6) is 0 Å². The minimum absolute atomic E-state index is 0.0383. The lowest BCUT2D eigenvalue weighted by atomic mass is 9.94. The zero-order chi connectivity index (χ0) is 25.4. The van der Waals surface area contributed by atoms with E-state index in [1.807, 2.05) is 6.92 Å². The molecule has 1 aliphatic heterocycles. The number of hydrogen-bond donors (Lipinski definition) is 3. The van der Waals surface area contributed by atoms with Crippen LogP contribution in [-0.4, -0.2) is 49.8 Å². The fraction of sp³-hybridized carbons (Fsp3) is 0.320. The molecule has 0 saturated heterocycles. The fourth-order valence-electron chi connectivity index (χ4n) is 3.73. The van der Waals surface area contributed by atoms with Gasteiger partial charge >= 0.3 is 18.0 Å². The molecule has 1 atom stereocenters. The van der Waals surface area contributed by atoms with E-state index in [-0.39, 0.29) is 24.9 Å². The Labute approximate surface area is 203 Å². The molecule has 2 aromatic carbocycles. The molecular weight excluding hydrogens is 455 g/mol. The number of carbonyl (C=O) groups is 3. The van der Waals surface area contributed by atoms with Crippen molar-refractivity contribution >= 4 is 29.4 Å². The summed E-state index contributed by atoms with van der Waals surface area (Å²) in [6.07, 6.45) is 0.706. The van der Waals surface area contributed by atoms with E-state index in [1.165, 1.54) is 30.2 Å². The van der Waals surface area contributed by atoms with E-state index in [4.69, 9.17) is 9.47 Å². The predicted molar refractivity (Wildman–Crippen MR) is 129 cm³/mol. The third kappa shape index (κ3) is 6.36. The number of rotatable bonds is 9. The van der Waals surface area contributed by atoms with Gasteiger partial charge in [-0.2, -0.15) is 0 Å². The van der Waals surface area contributed by atoms with E-state index in [0.29, 0.717) is 35.5 Å². The molecule has 0 spiro atoms. The molecule has 0 bridgehead atoms. The number of benzene rings is 2. The van der Waals surface area contributed by atoms with E-state index < -0.39 is 23.9 Å². The Morgan fingerprint density at radius 2 is 1.89 bits per heavy atom. The Balaban J connectivity index is 1.86. The molecule has 0 saturated carbocycles. The Bertz CT molecular complexity index is 1120. The minimum Gasteiger partial charge on any atom is -0.460 e. The van der Waals surface area contributed by atoms with Crippen molar-refractivity contribution in [3.63, 3.8) is 0 Å². The second-order valence-corrected chi connectivity index (χ2v) is 7.85. The summed E-state index contributed by atoms with van der Waals surface area (Å²) in [5, 5.41) is 7.96. The first-order valence-corrected chi connectivity index (χ1v) is 11.2. The van der Waals surface area contributed by atoms with Crippen molar-refractivity contribution in [2.45, 2.75) is 26.3 Å². The van der Waals surface area contributed by atoms with Crippen molar-refractivity contribution < 1.29 is 28.2 Å². The van der Waals surface area contributed by atoms with E-state index in [1.54, 1.807) is 37.3 Å². The maximum Gasteiger partial charge on any atom is 0.338 e. The van der Waals surface area contributed by atoms with Gasteiger partial charge in [-0.15, -0.1) is 0 Å². The number of amides is 4. The molecule has 0 radical (unpaired) electrons.